The Balaban J connectivity index is 1.41. The van der Waals surface area contributed by atoms with Gasteiger partial charge in [0.05, 0.1) is 28.0 Å². The van der Waals surface area contributed by atoms with Gasteiger partial charge in [-0.2, -0.15) is 0 Å². The Labute approximate surface area is 236 Å². The number of anilines is 2. The standard InChI is InChI=1S/C37H29N3O/c1-39(25-12-3-2-4-13-25)34-32-33-29(27-14-7-8-17-31(27)40(33)37(34)38)21-30-28-16-9-15-26(35(28)41-36(30)32)24-19-18-22-10-5-6-11-23(22)20-24/h2-6,9-12,14-21,25H,7-8,13,38H2,1H3. The number of aromatic nitrogens is 1. The molecule has 2 aliphatic rings. The van der Waals surface area contributed by atoms with E-state index in [-0.39, 0.29) is 6.04 Å². The van der Waals surface area contributed by atoms with E-state index in [0.29, 0.717) is 0 Å². The maximum Gasteiger partial charge on any atom is 0.147 e. The van der Waals surface area contributed by atoms with Crippen LogP contribution in [0, 0.1) is 0 Å². The normalized spacial score (nSPS) is 16.7. The Hall–Kier alpha value is -4.96. The van der Waals surface area contributed by atoms with Gasteiger partial charge in [0.2, 0.25) is 0 Å². The number of rotatable bonds is 3. The maximum atomic E-state index is 7.10. The molecule has 0 fully saturated rings. The summed E-state index contributed by atoms with van der Waals surface area (Å²) in [7, 11) is 2.17. The molecule has 3 aromatic heterocycles. The van der Waals surface area contributed by atoms with Gasteiger partial charge in [-0.1, -0.05) is 91.1 Å². The molecule has 2 N–H and O–H groups in total. The highest BCUT2D eigenvalue weighted by atomic mass is 16.3. The predicted octanol–water partition coefficient (Wildman–Crippen LogP) is 7.51. The molecule has 2 aliphatic carbocycles. The minimum atomic E-state index is 0.229. The maximum absolute atomic E-state index is 7.10. The van der Waals surface area contributed by atoms with Gasteiger partial charge in [0.25, 0.3) is 0 Å². The summed E-state index contributed by atoms with van der Waals surface area (Å²) in [6.45, 7) is 0. The molecular weight excluding hydrogens is 502 g/mol. The quantitative estimate of drug-likeness (QED) is 0.257. The Kier molecular flexibility index (Phi) is 4.61. The van der Waals surface area contributed by atoms with Crippen LogP contribution in [-0.2, 0) is 0 Å². The number of nitrogens with zero attached hydrogens (tertiary/aromatic N) is 2. The highest BCUT2D eigenvalue weighted by Gasteiger charge is 2.29. The van der Waals surface area contributed by atoms with E-state index in [1.807, 2.05) is 0 Å². The van der Waals surface area contributed by atoms with Crippen LogP contribution < -0.4 is 21.2 Å². The number of hydrogen-bond acceptors (Lipinski definition) is 3. The van der Waals surface area contributed by atoms with Gasteiger partial charge in [0, 0.05) is 34.0 Å². The zero-order chi connectivity index (χ0) is 27.2. The number of likely N-dealkylation sites (N-methyl/N-ethyl adjacent to an activating group) is 1. The summed E-state index contributed by atoms with van der Waals surface area (Å²) in [5.41, 5.74) is 13.4. The highest BCUT2D eigenvalue weighted by Crippen LogP contribution is 2.46. The number of benzene rings is 4. The van der Waals surface area contributed by atoms with Crippen LogP contribution in [-0.4, -0.2) is 17.5 Å². The van der Waals surface area contributed by atoms with E-state index in [9.17, 15) is 0 Å². The van der Waals surface area contributed by atoms with E-state index in [0.717, 1.165) is 74.7 Å². The molecule has 0 aliphatic heterocycles. The van der Waals surface area contributed by atoms with Crippen LogP contribution in [0.2, 0.25) is 0 Å². The monoisotopic (exact) mass is 531 g/mol. The highest BCUT2D eigenvalue weighted by molar-refractivity contribution is 6.26. The third-order valence-electron chi connectivity index (χ3n) is 9.23. The van der Waals surface area contributed by atoms with E-state index in [1.54, 1.807) is 0 Å². The van der Waals surface area contributed by atoms with Gasteiger partial charge in [-0.25, -0.2) is 0 Å². The number of fused-ring (bicyclic) bond motifs is 8. The van der Waals surface area contributed by atoms with E-state index >= 15 is 0 Å². The van der Waals surface area contributed by atoms with Crippen molar-refractivity contribution in [3.63, 3.8) is 0 Å². The second-order valence-corrected chi connectivity index (χ2v) is 11.5. The molecule has 1 atom stereocenters. The lowest BCUT2D eigenvalue weighted by Crippen LogP contribution is -2.32. The summed E-state index contributed by atoms with van der Waals surface area (Å²) in [5.74, 6) is 0.783. The largest absolute Gasteiger partial charge is 0.455 e. The third-order valence-corrected chi connectivity index (χ3v) is 9.23. The van der Waals surface area contributed by atoms with Gasteiger partial charge in [-0.3, -0.25) is 4.40 Å². The molecule has 9 rings (SSSR count). The molecule has 0 amide bonds. The minimum absolute atomic E-state index is 0.229. The van der Waals surface area contributed by atoms with Crippen LogP contribution in [0.3, 0.4) is 0 Å². The molecule has 0 saturated heterocycles. The Bertz CT molecular complexity index is 2380. The smallest absolute Gasteiger partial charge is 0.147 e. The molecule has 41 heavy (non-hydrogen) atoms. The average molecular weight is 532 g/mol. The lowest BCUT2D eigenvalue weighted by atomic mass is 9.98. The fourth-order valence-electron chi connectivity index (χ4n) is 7.27. The van der Waals surface area contributed by atoms with Crippen molar-refractivity contribution < 1.29 is 4.42 Å². The van der Waals surface area contributed by atoms with Crippen LogP contribution in [0.25, 0.3) is 72.3 Å². The van der Waals surface area contributed by atoms with Crippen molar-refractivity contribution in [2.75, 3.05) is 17.7 Å². The summed E-state index contributed by atoms with van der Waals surface area (Å²) >= 11 is 0. The Morgan fingerprint density at radius 2 is 1.73 bits per heavy atom. The molecule has 4 heteroatoms. The first-order valence-corrected chi connectivity index (χ1v) is 14.5. The van der Waals surface area contributed by atoms with Gasteiger partial charge >= 0.3 is 0 Å². The topological polar surface area (TPSA) is 46.8 Å². The minimum Gasteiger partial charge on any atom is -0.455 e. The summed E-state index contributed by atoms with van der Waals surface area (Å²) in [4.78, 5) is 2.34. The summed E-state index contributed by atoms with van der Waals surface area (Å²) < 4.78 is 9.26. The second-order valence-electron chi connectivity index (χ2n) is 11.5. The fourth-order valence-corrected chi connectivity index (χ4v) is 7.27. The number of allylic oxidation sites excluding steroid dienone is 2. The number of hydrogen-bond donors (Lipinski definition) is 1. The number of nitrogen functional groups attached to an aromatic ring is 1. The molecular formula is C37H29N3O. The van der Waals surface area contributed by atoms with Gasteiger partial charge in [-0.15, -0.1) is 0 Å². The molecule has 4 nitrogen and oxygen atoms in total. The zero-order valence-corrected chi connectivity index (χ0v) is 22.9. The first-order chi connectivity index (χ1) is 20.2. The van der Waals surface area contributed by atoms with Crippen molar-refractivity contribution in [3.8, 4) is 11.1 Å². The van der Waals surface area contributed by atoms with E-state index in [1.165, 1.54) is 26.7 Å². The summed E-state index contributed by atoms with van der Waals surface area (Å²) in [5, 5.41) is 9.61. The lowest BCUT2D eigenvalue weighted by Gasteiger charge is -2.28. The molecule has 0 radical (unpaired) electrons. The number of nitrogens with two attached hydrogens (primary N) is 1. The van der Waals surface area contributed by atoms with E-state index in [2.05, 4.69) is 120 Å². The van der Waals surface area contributed by atoms with Gasteiger partial charge in [0.15, 0.2) is 0 Å². The van der Waals surface area contributed by atoms with Crippen molar-refractivity contribution in [1.29, 1.82) is 0 Å². The van der Waals surface area contributed by atoms with Crippen molar-refractivity contribution >= 4 is 72.7 Å². The summed E-state index contributed by atoms with van der Waals surface area (Å²) in [6.07, 6.45) is 16.5. The number of para-hydroxylation sites is 1. The predicted molar refractivity (Wildman–Crippen MR) is 173 cm³/mol. The molecule has 0 spiro atoms. The van der Waals surface area contributed by atoms with Crippen LogP contribution in [0.4, 0.5) is 11.5 Å². The average Bonchev–Trinajstić information content (AvgIpc) is 3.67. The first kappa shape index (κ1) is 22.8. The van der Waals surface area contributed by atoms with Crippen LogP contribution in [0.5, 0.6) is 0 Å². The fraction of sp³-hybridized carbons (Fsp3) is 0.135. The third kappa shape index (κ3) is 3.05. The van der Waals surface area contributed by atoms with Crippen molar-refractivity contribution in [3.05, 3.63) is 102 Å². The van der Waals surface area contributed by atoms with Gasteiger partial charge in [0.1, 0.15) is 17.0 Å². The molecule has 7 aromatic rings. The zero-order valence-electron chi connectivity index (χ0n) is 22.9. The van der Waals surface area contributed by atoms with Crippen molar-refractivity contribution in [1.82, 2.24) is 4.40 Å². The van der Waals surface area contributed by atoms with Crippen LogP contribution in [0.15, 0.2) is 95.5 Å². The molecule has 0 bridgehead atoms. The molecule has 4 aromatic carbocycles. The van der Waals surface area contributed by atoms with Crippen LogP contribution in [0.1, 0.15) is 19.3 Å². The van der Waals surface area contributed by atoms with Crippen molar-refractivity contribution in [2.24, 2.45) is 0 Å². The first-order valence-electron chi connectivity index (χ1n) is 14.5. The van der Waals surface area contributed by atoms with E-state index in [4.69, 9.17) is 10.2 Å². The second kappa shape index (κ2) is 8.28. The van der Waals surface area contributed by atoms with Gasteiger partial charge in [-0.05, 0) is 47.7 Å². The molecule has 3 heterocycles. The van der Waals surface area contributed by atoms with E-state index < -0.39 is 0 Å². The lowest BCUT2D eigenvalue weighted by molar-refractivity contribution is 0.673. The SMILES string of the molecule is CN(c1c(N)n2c3c(c4cc5c6cccc(-c7ccc8ccccc8c7)c6oc5c1c42)=CCCC=3)C1C=CC=CC1. The Morgan fingerprint density at radius 1 is 0.854 bits per heavy atom. The molecule has 0 saturated carbocycles. The summed E-state index contributed by atoms with van der Waals surface area (Å²) in [6, 6.07) is 24.3. The van der Waals surface area contributed by atoms with Gasteiger partial charge < -0.3 is 15.1 Å². The molecule has 198 valence electrons. The Morgan fingerprint density at radius 3 is 2.61 bits per heavy atom. The van der Waals surface area contributed by atoms with Crippen molar-refractivity contribution in [2.45, 2.75) is 25.3 Å². The number of furan rings is 1. The molecule has 1 unspecified atom stereocenters. The van der Waals surface area contributed by atoms with Crippen LogP contribution >= 0.6 is 0 Å².